The van der Waals surface area contributed by atoms with E-state index in [4.69, 9.17) is 21.6 Å². The van der Waals surface area contributed by atoms with Crippen molar-refractivity contribution in [1.82, 2.24) is 9.38 Å². The Labute approximate surface area is 128 Å². The van der Waals surface area contributed by atoms with Crippen LogP contribution in [-0.4, -0.2) is 26.6 Å². The minimum Gasteiger partial charge on any atom is -0.423 e. The fourth-order valence-electron chi connectivity index (χ4n) is 1.92. The molecule has 0 bridgehead atoms. The van der Waals surface area contributed by atoms with Crippen molar-refractivity contribution < 1.29 is 10.0 Å². The molecule has 1 aromatic carbocycles. The molecule has 3 rings (SSSR count). The molecule has 108 valence electrons. The van der Waals surface area contributed by atoms with Gasteiger partial charge in [-0.25, -0.2) is 4.98 Å². The van der Waals surface area contributed by atoms with Crippen molar-refractivity contribution in [2.45, 2.75) is 13.8 Å². The summed E-state index contributed by atoms with van der Waals surface area (Å²) >= 11 is 5.85. The molecule has 3 aromatic rings. The molecule has 2 N–H and O–H groups in total. The molecule has 0 amide bonds. The van der Waals surface area contributed by atoms with Crippen LogP contribution in [0.4, 0.5) is 0 Å². The second kappa shape index (κ2) is 6.76. The Morgan fingerprint density at radius 2 is 1.67 bits per heavy atom. The van der Waals surface area contributed by atoms with Crippen molar-refractivity contribution in [1.29, 1.82) is 0 Å². The first-order valence-corrected chi connectivity index (χ1v) is 7.12. The maximum absolute atomic E-state index is 9.14. The van der Waals surface area contributed by atoms with Crippen LogP contribution in [0.15, 0.2) is 48.8 Å². The molecular formula is C15H16BClN2O2. The lowest BCUT2D eigenvalue weighted by Gasteiger charge is -1.99. The smallest absolute Gasteiger partial charge is 0.423 e. The molecule has 0 aliphatic heterocycles. The third-order valence-electron chi connectivity index (χ3n) is 2.91. The van der Waals surface area contributed by atoms with Gasteiger partial charge in [-0.15, -0.1) is 0 Å². The monoisotopic (exact) mass is 302 g/mol. The first-order chi connectivity index (χ1) is 10.1. The Morgan fingerprint density at radius 3 is 2.29 bits per heavy atom. The van der Waals surface area contributed by atoms with Gasteiger partial charge in [0.25, 0.3) is 0 Å². The number of halogens is 1. The molecule has 4 nitrogen and oxygen atoms in total. The van der Waals surface area contributed by atoms with E-state index in [9.17, 15) is 0 Å². The molecule has 0 radical (unpaired) electrons. The average Bonchev–Trinajstić information content (AvgIpc) is 2.92. The maximum Gasteiger partial charge on any atom is 0.489 e. The number of aromatic nitrogens is 2. The summed E-state index contributed by atoms with van der Waals surface area (Å²) in [6.07, 6.45) is 3.48. The van der Waals surface area contributed by atoms with Crippen LogP contribution in [0, 0.1) is 0 Å². The first-order valence-electron chi connectivity index (χ1n) is 6.74. The Bertz CT molecular complexity index is 726. The van der Waals surface area contributed by atoms with E-state index in [2.05, 4.69) is 4.98 Å². The van der Waals surface area contributed by atoms with Crippen LogP contribution in [-0.2, 0) is 0 Å². The summed E-state index contributed by atoms with van der Waals surface area (Å²) in [6.45, 7) is 4.00. The molecule has 0 aliphatic rings. The molecule has 0 saturated heterocycles. The lowest BCUT2D eigenvalue weighted by molar-refractivity contribution is 0.425. The van der Waals surface area contributed by atoms with Crippen molar-refractivity contribution in [2.75, 3.05) is 0 Å². The molecule has 2 heterocycles. The third-order valence-corrected chi connectivity index (χ3v) is 3.16. The molecule has 0 unspecified atom stereocenters. The number of hydrogen-bond acceptors (Lipinski definition) is 3. The summed E-state index contributed by atoms with van der Waals surface area (Å²) in [4.78, 5) is 4.47. The largest absolute Gasteiger partial charge is 0.489 e. The topological polar surface area (TPSA) is 57.8 Å². The standard InChI is InChI=1S/C13H10BClN2O2.C2H6/c15-11-4-1-9(2-5-11)12-8-17-7-10(14(18)19)3-6-13(17)16-12;1-2/h1-8,18-19H;1-2H3. The highest BCUT2D eigenvalue weighted by Gasteiger charge is 2.12. The molecule has 0 saturated carbocycles. The van der Waals surface area contributed by atoms with Crippen molar-refractivity contribution in [3.63, 3.8) is 0 Å². The van der Waals surface area contributed by atoms with Gasteiger partial charge in [0, 0.05) is 23.0 Å². The van der Waals surface area contributed by atoms with Crippen molar-refractivity contribution in [3.05, 3.63) is 53.8 Å². The summed E-state index contributed by atoms with van der Waals surface area (Å²) in [7, 11) is -1.48. The van der Waals surface area contributed by atoms with Crippen LogP contribution in [0.3, 0.4) is 0 Å². The summed E-state index contributed by atoms with van der Waals surface area (Å²) in [5.41, 5.74) is 2.93. The van der Waals surface area contributed by atoms with Crippen molar-refractivity contribution in [3.8, 4) is 11.3 Å². The molecule has 0 aliphatic carbocycles. The molecule has 2 aromatic heterocycles. The number of pyridine rings is 1. The molecule has 0 atom stereocenters. The van der Waals surface area contributed by atoms with Gasteiger partial charge in [0.05, 0.1) is 5.69 Å². The van der Waals surface area contributed by atoms with E-state index in [0.717, 1.165) is 16.9 Å². The zero-order valence-corrected chi connectivity index (χ0v) is 12.6. The Balaban J connectivity index is 0.000000774. The van der Waals surface area contributed by atoms with Crippen LogP contribution in [0.5, 0.6) is 0 Å². The van der Waals surface area contributed by atoms with E-state index in [-0.39, 0.29) is 0 Å². The van der Waals surface area contributed by atoms with Gasteiger partial charge in [0.2, 0.25) is 0 Å². The lowest BCUT2D eigenvalue weighted by Crippen LogP contribution is -2.30. The zero-order chi connectivity index (χ0) is 15.4. The van der Waals surface area contributed by atoms with Crippen molar-refractivity contribution in [2.24, 2.45) is 0 Å². The fraction of sp³-hybridized carbons (Fsp3) is 0.133. The molecule has 6 heteroatoms. The number of fused-ring (bicyclic) bond motifs is 1. The summed E-state index contributed by atoms with van der Waals surface area (Å²) in [6, 6.07) is 10.8. The molecule has 0 fully saturated rings. The minimum atomic E-state index is -1.48. The van der Waals surface area contributed by atoms with Gasteiger partial charge >= 0.3 is 7.12 Å². The van der Waals surface area contributed by atoms with Crippen molar-refractivity contribution >= 4 is 29.8 Å². The second-order valence-corrected chi connectivity index (χ2v) is 4.67. The summed E-state index contributed by atoms with van der Waals surface area (Å²) < 4.78 is 1.76. The van der Waals surface area contributed by atoms with Gasteiger partial charge in [-0.2, -0.15) is 0 Å². The number of benzene rings is 1. The van der Waals surface area contributed by atoms with Crippen LogP contribution >= 0.6 is 11.6 Å². The lowest BCUT2D eigenvalue weighted by atomic mass is 9.82. The normalized spacial score (nSPS) is 10.1. The minimum absolute atomic E-state index is 0.424. The van der Waals surface area contributed by atoms with Crippen LogP contribution in [0.25, 0.3) is 16.9 Å². The number of hydrogen-bond donors (Lipinski definition) is 2. The van der Waals surface area contributed by atoms with E-state index < -0.39 is 7.12 Å². The summed E-state index contributed by atoms with van der Waals surface area (Å²) in [5.74, 6) is 0. The van der Waals surface area contributed by atoms with E-state index in [1.807, 2.05) is 44.3 Å². The van der Waals surface area contributed by atoms with Gasteiger partial charge in [-0.1, -0.05) is 43.6 Å². The number of rotatable bonds is 2. The zero-order valence-electron chi connectivity index (χ0n) is 11.9. The highest BCUT2D eigenvalue weighted by molar-refractivity contribution is 6.58. The van der Waals surface area contributed by atoms with E-state index in [1.165, 1.54) is 0 Å². The molecule has 0 spiro atoms. The van der Waals surface area contributed by atoms with Gasteiger partial charge in [0.15, 0.2) is 0 Å². The molecule has 21 heavy (non-hydrogen) atoms. The number of nitrogens with zero attached hydrogens (tertiary/aromatic N) is 2. The maximum atomic E-state index is 9.14. The van der Waals surface area contributed by atoms with E-state index in [1.54, 1.807) is 22.7 Å². The highest BCUT2D eigenvalue weighted by Crippen LogP contribution is 2.20. The van der Waals surface area contributed by atoms with E-state index >= 15 is 0 Å². The predicted octanol–water partition coefficient (Wildman–Crippen LogP) is 2.36. The average molecular weight is 303 g/mol. The van der Waals surface area contributed by atoms with Gasteiger partial charge in [-0.3, -0.25) is 0 Å². The van der Waals surface area contributed by atoms with Crippen LogP contribution in [0.1, 0.15) is 13.8 Å². The fourth-order valence-corrected chi connectivity index (χ4v) is 2.05. The highest BCUT2D eigenvalue weighted by atomic mass is 35.5. The third kappa shape index (κ3) is 3.45. The number of imidazole rings is 1. The van der Waals surface area contributed by atoms with E-state index in [0.29, 0.717) is 10.5 Å². The van der Waals surface area contributed by atoms with Crippen LogP contribution < -0.4 is 5.46 Å². The Hall–Kier alpha value is -1.82. The SMILES string of the molecule is CC.OB(O)c1ccc2nc(-c3ccc(Cl)cc3)cn2c1. The molecular weight excluding hydrogens is 286 g/mol. The van der Waals surface area contributed by atoms with Gasteiger partial charge < -0.3 is 14.4 Å². The summed E-state index contributed by atoms with van der Waals surface area (Å²) in [5, 5.41) is 19.0. The first kappa shape index (κ1) is 15.6. The predicted molar refractivity (Wildman–Crippen MR) is 86.8 cm³/mol. The van der Waals surface area contributed by atoms with Crippen LogP contribution in [0.2, 0.25) is 5.02 Å². The van der Waals surface area contributed by atoms with Gasteiger partial charge in [0.1, 0.15) is 5.65 Å². The second-order valence-electron chi connectivity index (χ2n) is 4.23. The van der Waals surface area contributed by atoms with Gasteiger partial charge in [-0.05, 0) is 23.7 Å². The Morgan fingerprint density at radius 1 is 1.00 bits per heavy atom. The Kier molecular flexibility index (Phi) is 5.01. The quantitative estimate of drug-likeness (QED) is 0.715.